The van der Waals surface area contributed by atoms with Gasteiger partial charge in [-0.2, -0.15) is 4.98 Å². The lowest BCUT2D eigenvalue weighted by Gasteiger charge is -2.33. The number of nitrogens with zero attached hydrogens (tertiary/aromatic N) is 3. The van der Waals surface area contributed by atoms with Crippen LogP contribution in [0.1, 0.15) is 31.0 Å². The Morgan fingerprint density at radius 3 is 2.75 bits per heavy atom. The molecule has 1 saturated heterocycles. The Balaban J connectivity index is 1.70. The molecule has 0 radical (unpaired) electrons. The molecule has 1 aliphatic rings. The number of amides is 1. The van der Waals surface area contributed by atoms with Crippen LogP contribution in [0.5, 0.6) is 0 Å². The second-order valence-electron chi connectivity index (χ2n) is 5.86. The van der Waals surface area contributed by atoms with Crippen LogP contribution in [0.15, 0.2) is 22.7 Å². The van der Waals surface area contributed by atoms with Gasteiger partial charge in [-0.1, -0.05) is 11.6 Å². The van der Waals surface area contributed by atoms with Crippen LogP contribution in [-0.4, -0.2) is 33.5 Å². The SMILES string of the molecule is Cc1noc(CN2CCCC[C@H]2C(=O)Nc2cc(F)cc(F)c2)n1. The summed E-state index contributed by atoms with van der Waals surface area (Å²) < 4.78 is 31.6. The van der Waals surface area contributed by atoms with Gasteiger partial charge in [0, 0.05) is 11.8 Å². The van der Waals surface area contributed by atoms with Gasteiger partial charge in [0.1, 0.15) is 11.6 Å². The summed E-state index contributed by atoms with van der Waals surface area (Å²) in [7, 11) is 0. The van der Waals surface area contributed by atoms with E-state index in [4.69, 9.17) is 4.52 Å². The monoisotopic (exact) mass is 336 g/mol. The van der Waals surface area contributed by atoms with Crippen molar-refractivity contribution in [2.75, 3.05) is 11.9 Å². The number of aryl methyl sites for hydroxylation is 1. The van der Waals surface area contributed by atoms with E-state index in [1.165, 1.54) is 0 Å². The number of halogens is 2. The van der Waals surface area contributed by atoms with Crippen LogP contribution in [0.4, 0.5) is 14.5 Å². The molecule has 0 bridgehead atoms. The van der Waals surface area contributed by atoms with E-state index in [0.29, 0.717) is 24.7 Å². The molecular weight excluding hydrogens is 318 g/mol. The predicted molar refractivity (Wildman–Crippen MR) is 82.1 cm³/mol. The largest absolute Gasteiger partial charge is 0.338 e. The van der Waals surface area contributed by atoms with Gasteiger partial charge in [0.05, 0.1) is 12.6 Å². The van der Waals surface area contributed by atoms with Crippen molar-refractivity contribution < 1.29 is 18.1 Å². The average Bonchev–Trinajstić information content (AvgIpc) is 2.92. The molecule has 24 heavy (non-hydrogen) atoms. The minimum atomic E-state index is -0.730. The van der Waals surface area contributed by atoms with Gasteiger partial charge in [0.15, 0.2) is 5.82 Å². The number of aromatic nitrogens is 2. The lowest BCUT2D eigenvalue weighted by atomic mass is 10.0. The highest BCUT2D eigenvalue weighted by Crippen LogP contribution is 2.21. The van der Waals surface area contributed by atoms with Crippen LogP contribution >= 0.6 is 0 Å². The zero-order valence-electron chi connectivity index (χ0n) is 13.3. The Morgan fingerprint density at radius 1 is 1.33 bits per heavy atom. The highest BCUT2D eigenvalue weighted by Gasteiger charge is 2.30. The van der Waals surface area contributed by atoms with Gasteiger partial charge < -0.3 is 9.84 Å². The maximum atomic E-state index is 13.3. The second-order valence-corrected chi connectivity index (χ2v) is 5.86. The number of hydrogen-bond acceptors (Lipinski definition) is 5. The fourth-order valence-corrected chi connectivity index (χ4v) is 2.91. The number of likely N-dealkylation sites (tertiary alicyclic amines) is 1. The third-order valence-electron chi connectivity index (χ3n) is 3.95. The molecule has 1 aromatic heterocycles. The summed E-state index contributed by atoms with van der Waals surface area (Å²) in [6.07, 6.45) is 2.54. The van der Waals surface area contributed by atoms with Gasteiger partial charge in [0.2, 0.25) is 11.8 Å². The molecule has 2 heterocycles. The molecule has 8 heteroatoms. The van der Waals surface area contributed by atoms with Crippen LogP contribution in [0.2, 0.25) is 0 Å². The van der Waals surface area contributed by atoms with Gasteiger partial charge in [-0.15, -0.1) is 0 Å². The molecular formula is C16H18F2N4O2. The van der Waals surface area contributed by atoms with E-state index in [9.17, 15) is 13.6 Å². The molecule has 128 valence electrons. The van der Waals surface area contributed by atoms with Crippen molar-refractivity contribution in [1.29, 1.82) is 0 Å². The first-order valence-electron chi connectivity index (χ1n) is 7.81. The van der Waals surface area contributed by atoms with Crippen molar-refractivity contribution in [3.8, 4) is 0 Å². The lowest BCUT2D eigenvalue weighted by molar-refractivity contribution is -0.122. The van der Waals surface area contributed by atoms with Gasteiger partial charge in [-0.05, 0) is 38.4 Å². The predicted octanol–water partition coefficient (Wildman–Crippen LogP) is 2.65. The third kappa shape index (κ3) is 3.94. The van der Waals surface area contributed by atoms with Crippen LogP contribution < -0.4 is 5.32 Å². The Kier molecular flexibility index (Phi) is 4.84. The highest BCUT2D eigenvalue weighted by molar-refractivity contribution is 5.94. The Morgan fingerprint density at radius 2 is 2.08 bits per heavy atom. The highest BCUT2D eigenvalue weighted by atomic mass is 19.1. The summed E-state index contributed by atoms with van der Waals surface area (Å²) in [5.41, 5.74) is 0.108. The molecule has 3 rings (SSSR count). The Labute approximate surface area is 137 Å². The zero-order chi connectivity index (χ0) is 17.1. The van der Waals surface area contributed by atoms with E-state index in [2.05, 4.69) is 15.5 Å². The van der Waals surface area contributed by atoms with Crippen LogP contribution in [0, 0.1) is 18.6 Å². The summed E-state index contributed by atoms with van der Waals surface area (Å²) in [5, 5.41) is 6.33. The van der Waals surface area contributed by atoms with Crippen molar-refractivity contribution >= 4 is 11.6 Å². The smallest absolute Gasteiger partial charge is 0.241 e. The topological polar surface area (TPSA) is 71.3 Å². The second kappa shape index (κ2) is 7.04. The van der Waals surface area contributed by atoms with Crippen molar-refractivity contribution in [3.63, 3.8) is 0 Å². The molecule has 2 aromatic rings. The van der Waals surface area contributed by atoms with E-state index in [0.717, 1.165) is 37.6 Å². The molecule has 0 spiro atoms. The molecule has 0 saturated carbocycles. The Hall–Kier alpha value is -2.35. The first-order chi connectivity index (χ1) is 11.5. The number of piperidine rings is 1. The van der Waals surface area contributed by atoms with Gasteiger partial charge in [-0.3, -0.25) is 9.69 Å². The molecule has 1 atom stereocenters. The normalized spacial score (nSPS) is 18.5. The summed E-state index contributed by atoms with van der Waals surface area (Å²) in [5.74, 6) is -0.766. The van der Waals surface area contributed by atoms with E-state index >= 15 is 0 Å². The van der Waals surface area contributed by atoms with Gasteiger partial charge in [0.25, 0.3) is 0 Å². The lowest BCUT2D eigenvalue weighted by Crippen LogP contribution is -2.46. The minimum Gasteiger partial charge on any atom is -0.338 e. The maximum Gasteiger partial charge on any atom is 0.241 e. The molecule has 0 aliphatic carbocycles. The third-order valence-corrected chi connectivity index (χ3v) is 3.95. The number of carbonyl (C=O) groups excluding carboxylic acids is 1. The molecule has 1 fully saturated rings. The molecule has 1 N–H and O–H groups in total. The number of nitrogens with one attached hydrogen (secondary N) is 1. The minimum absolute atomic E-state index is 0.108. The van der Waals surface area contributed by atoms with Gasteiger partial charge >= 0.3 is 0 Å². The molecule has 1 amide bonds. The molecule has 0 unspecified atom stereocenters. The molecule has 1 aromatic carbocycles. The van der Waals surface area contributed by atoms with Gasteiger partial charge in [-0.25, -0.2) is 8.78 Å². The average molecular weight is 336 g/mol. The van der Waals surface area contributed by atoms with Crippen LogP contribution in [0.3, 0.4) is 0 Å². The van der Waals surface area contributed by atoms with E-state index < -0.39 is 17.7 Å². The van der Waals surface area contributed by atoms with Crippen molar-refractivity contribution in [3.05, 3.63) is 41.5 Å². The quantitative estimate of drug-likeness (QED) is 0.929. The fraction of sp³-hybridized carbons (Fsp3) is 0.438. The van der Waals surface area contributed by atoms with Crippen molar-refractivity contribution in [2.24, 2.45) is 0 Å². The molecule has 6 nitrogen and oxygen atoms in total. The number of anilines is 1. The van der Waals surface area contributed by atoms with Crippen LogP contribution in [-0.2, 0) is 11.3 Å². The Bertz CT molecular complexity index is 714. The fourth-order valence-electron chi connectivity index (χ4n) is 2.91. The maximum absolute atomic E-state index is 13.3. The number of rotatable bonds is 4. The van der Waals surface area contributed by atoms with E-state index in [-0.39, 0.29) is 11.6 Å². The first-order valence-corrected chi connectivity index (χ1v) is 7.81. The number of hydrogen-bond donors (Lipinski definition) is 1. The number of carbonyl (C=O) groups is 1. The summed E-state index contributed by atoms with van der Waals surface area (Å²) in [6, 6.07) is 2.54. The number of benzene rings is 1. The summed E-state index contributed by atoms with van der Waals surface area (Å²) in [4.78, 5) is 18.6. The van der Waals surface area contributed by atoms with Crippen LogP contribution in [0.25, 0.3) is 0 Å². The van der Waals surface area contributed by atoms with Crippen molar-refractivity contribution in [2.45, 2.75) is 38.8 Å². The zero-order valence-corrected chi connectivity index (χ0v) is 13.3. The molecule has 1 aliphatic heterocycles. The van der Waals surface area contributed by atoms with E-state index in [1.807, 2.05) is 4.90 Å². The summed E-state index contributed by atoms with van der Waals surface area (Å²) in [6.45, 7) is 2.82. The van der Waals surface area contributed by atoms with E-state index in [1.54, 1.807) is 6.92 Å². The van der Waals surface area contributed by atoms with Crippen molar-refractivity contribution in [1.82, 2.24) is 15.0 Å². The standard InChI is InChI=1S/C16H18F2N4O2/c1-10-19-15(24-21-10)9-22-5-3-2-4-14(22)16(23)20-13-7-11(17)6-12(18)8-13/h6-8,14H,2-5,9H2,1H3,(H,20,23)/t14-/m0/s1. The first kappa shape index (κ1) is 16.5. The summed E-state index contributed by atoms with van der Waals surface area (Å²) >= 11 is 0.